The Kier molecular flexibility index (Phi) is 5.75. The molecule has 18 heavy (non-hydrogen) atoms. The average molecular weight is 289 g/mol. The highest BCUT2D eigenvalue weighted by atomic mass is 35.5. The Bertz CT molecular complexity index is 429. The standard InChI is InChI=1S/C12H17ClN2O2S/c1-8(6-7-18-3)15(2)10-5-4-9(13)11(14-10)12(16)17/h4-5,8H,6-7H2,1-3H3,(H,16,17). The van der Waals surface area contributed by atoms with Crippen LogP contribution in [-0.2, 0) is 0 Å². The van der Waals surface area contributed by atoms with Gasteiger partial charge in [0.1, 0.15) is 5.82 Å². The molecule has 0 saturated heterocycles. The van der Waals surface area contributed by atoms with Gasteiger partial charge in [-0.15, -0.1) is 0 Å². The zero-order chi connectivity index (χ0) is 13.7. The molecular formula is C12H17ClN2O2S. The molecule has 0 spiro atoms. The van der Waals surface area contributed by atoms with E-state index in [2.05, 4.69) is 18.2 Å². The lowest BCUT2D eigenvalue weighted by Crippen LogP contribution is -2.30. The number of hydrogen-bond donors (Lipinski definition) is 1. The van der Waals surface area contributed by atoms with Gasteiger partial charge >= 0.3 is 5.97 Å². The molecule has 1 heterocycles. The van der Waals surface area contributed by atoms with Crippen LogP contribution >= 0.6 is 23.4 Å². The molecule has 6 heteroatoms. The van der Waals surface area contributed by atoms with Crippen LogP contribution in [-0.4, -0.2) is 41.2 Å². The molecule has 1 atom stereocenters. The molecule has 0 saturated carbocycles. The third-order valence-electron chi connectivity index (χ3n) is 2.80. The Hall–Kier alpha value is -0.940. The highest BCUT2D eigenvalue weighted by Crippen LogP contribution is 2.21. The summed E-state index contributed by atoms with van der Waals surface area (Å²) in [6.07, 6.45) is 3.08. The maximum atomic E-state index is 11.0. The molecule has 0 amide bonds. The van der Waals surface area contributed by atoms with Gasteiger partial charge in [0, 0.05) is 13.1 Å². The van der Waals surface area contributed by atoms with Crippen molar-refractivity contribution >= 4 is 35.1 Å². The average Bonchev–Trinajstić information content (AvgIpc) is 2.35. The summed E-state index contributed by atoms with van der Waals surface area (Å²) < 4.78 is 0. The molecule has 1 unspecified atom stereocenters. The molecule has 0 aliphatic heterocycles. The number of nitrogens with zero attached hydrogens (tertiary/aromatic N) is 2. The Balaban J connectivity index is 2.89. The summed E-state index contributed by atoms with van der Waals surface area (Å²) in [6, 6.07) is 3.61. The predicted molar refractivity (Wildman–Crippen MR) is 77.1 cm³/mol. The fourth-order valence-electron chi connectivity index (χ4n) is 1.49. The number of halogens is 1. The summed E-state index contributed by atoms with van der Waals surface area (Å²) >= 11 is 7.58. The first kappa shape index (κ1) is 15.1. The van der Waals surface area contributed by atoms with Crippen LogP contribution in [0.15, 0.2) is 12.1 Å². The van der Waals surface area contributed by atoms with Crippen molar-refractivity contribution in [3.05, 3.63) is 22.8 Å². The summed E-state index contributed by atoms with van der Waals surface area (Å²) in [5, 5.41) is 9.15. The van der Waals surface area contributed by atoms with Crippen molar-refractivity contribution in [3.63, 3.8) is 0 Å². The van der Waals surface area contributed by atoms with Gasteiger partial charge in [-0.3, -0.25) is 0 Å². The normalized spacial score (nSPS) is 12.2. The van der Waals surface area contributed by atoms with E-state index in [1.807, 2.05) is 11.9 Å². The number of pyridine rings is 1. The zero-order valence-electron chi connectivity index (χ0n) is 10.7. The van der Waals surface area contributed by atoms with Gasteiger partial charge in [0.15, 0.2) is 5.69 Å². The third-order valence-corrected chi connectivity index (χ3v) is 3.75. The summed E-state index contributed by atoms with van der Waals surface area (Å²) in [7, 11) is 1.91. The first-order valence-corrected chi connectivity index (χ1v) is 7.36. The summed E-state index contributed by atoms with van der Waals surface area (Å²) in [5.74, 6) is 0.586. The summed E-state index contributed by atoms with van der Waals surface area (Å²) in [4.78, 5) is 17.0. The van der Waals surface area contributed by atoms with Crippen molar-refractivity contribution in [1.82, 2.24) is 4.98 Å². The van der Waals surface area contributed by atoms with Crippen molar-refractivity contribution in [1.29, 1.82) is 0 Å². The molecule has 0 aliphatic rings. The van der Waals surface area contributed by atoms with E-state index >= 15 is 0 Å². The second-order valence-corrected chi connectivity index (χ2v) is 5.44. The summed E-state index contributed by atoms with van der Waals surface area (Å²) in [6.45, 7) is 2.09. The minimum absolute atomic E-state index is 0.0990. The first-order chi connectivity index (χ1) is 8.47. The number of carbonyl (C=O) groups is 1. The number of hydrogen-bond acceptors (Lipinski definition) is 4. The molecule has 0 bridgehead atoms. The van der Waals surface area contributed by atoms with E-state index in [0.717, 1.165) is 12.2 Å². The van der Waals surface area contributed by atoms with Crippen LogP contribution in [0.5, 0.6) is 0 Å². The Morgan fingerprint density at radius 1 is 1.61 bits per heavy atom. The van der Waals surface area contributed by atoms with Gasteiger partial charge in [0.2, 0.25) is 0 Å². The van der Waals surface area contributed by atoms with E-state index in [4.69, 9.17) is 16.7 Å². The molecule has 0 radical (unpaired) electrons. The highest BCUT2D eigenvalue weighted by Gasteiger charge is 2.16. The van der Waals surface area contributed by atoms with Crippen molar-refractivity contribution < 1.29 is 9.90 Å². The number of aromatic carboxylic acids is 1. The molecule has 0 aliphatic carbocycles. The Morgan fingerprint density at radius 2 is 2.28 bits per heavy atom. The molecule has 1 aromatic rings. The molecule has 0 aromatic carbocycles. The lowest BCUT2D eigenvalue weighted by atomic mass is 10.2. The van der Waals surface area contributed by atoms with Crippen LogP contribution < -0.4 is 4.90 Å². The van der Waals surface area contributed by atoms with Crippen LogP contribution in [0.2, 0.25) is 5.02 Å². The van der Waals surface area contributed by atoms with E-state index < -0.39 is 5.97 Å². The smallest absolute Gasteiger partial charge is 0.356 e. The third kappa shape index (κ3) is 3.78. The first-order valence-electron chi connectivity index (χ1n) is 5.59. The second kappa shape index (κ2) is 6.85. The van der Waals surface area contributed by atoms with Gasteiger partial charge in [0.25, 0.3) is 0 Å². The molecule has 1 rings (SSSR count). The van der Waals surface area contributed by atoms with Crippen molar-refractivity contribution in [2.45, 2.75) is 19.4 Å². The second-order valence-electron chi connectivity index (χ2n) is 4.05. The maximum Gasteiger partial charge on any atom is 0.356 e. The molecule has 4 nitrogen and oxygen atoms in total. The fraction of sp³-hybridized carbons (Fsp3) is 0.500. The number of anilines is 1. The number of rotatable bonds is 6. The van der Waals surface area contributed by atoms with Gasteiger partial charge in [0.05, 0.1) is 5.02 Å². The van der Waals surface area contributed by atoms with E-state index in [1.54, 1.807) is 23.9 Å². The fourth-order valence-corrected chi connectivity index (χ4v) is 2.25. The van der Waals surface area contributed by atoms with Crippen LogP contribution in [0.3, 0.4) is 0 Å². The summed E-state index contributed by atoms with van der Waals surface area (Å²) in [5.41, 5.74) is -0.0990. The largest absolute Gasteiger partial charge is 0.476 e. The maximum absolute atomic E-state index is 11.0. The molecule has 1 N–H and O–H groups in total. The van der Waals surface area contributed by atoms with Crippen LogP contribution in [0.25, 0.3) is 0 Å². The van der Waals surface area contributed by atoms with Crippen LogP contribution in [0, 0.1) is 0 Å². The monoisotopic (exact) mass is 288 g/mol. The lowest BCUT2D eigenvalue weighted by Gasteiger charge is -2.26. The SMILES string of the molecule is CSCCC(C)N(C)c1ccc(Cl)c(C(=O)O)n1. The highest BCUT2D eigenvalue weighted by molar-refractivity contribution is 7.98. The molecule has 100 valence electrons. The van der Waals surface area contributed by atoms with Gasteiger partial charge in [-0.25, -0.2) is 9.78 Å². The number of aromatic nitrogens is 1. The lowest BCUT2D eigenvalue weighted by molar-refractivity contribution is 0.0691. The minimum atomic E-state index is -1.10. The van der Waals surface area contributed by atoms with E-state index in [0.29, 0.717) is 11.9 Å². The predicted octanol–water partition coefficient (Wildman–Crippen LogP) is 3.01. The zero-order valence-corrected chi connectivity index (χ0v) is 12.3. The molecular weight excluding hydrogens is 272 g/mol. The van der Waals surface area contributed by atoms with Gasteiger partial charge in [-0.05, 0) is 37.5 Å². The van der Waals surface area contributed by atoms with Crippen LogP contribution in [0.1, 0.15) is 23.8 Å². The molecule has 0 fully saturated rings. The van der Waals surface area contributed by atoms with Crippen molar-refractivity contribution in [2.75, 3.05) is 24.0 Å². The van der Waals surface area contributed by atoms with Gasteiger partial charge in [-0.2, -0.15) is 11.8 Å². The quantitative estimate of drug-likeness (QED) is 0.872. The van der Waals surface area contributed by atoms with Crippen molar-refractivity contribution in [2.24, 2.45) is 0 Å². The van der Waals surface area contributed by atoms with E-state index in [1.165, 1.54) is 0 Å². The van der Waals surface area contributed by atoms with E-state index in [9.17, 15) is 4.79 Å². The van der Waals surface area contributed by atoms with E-state index in [-0.39, 0.29) is 10.7 Å². The number of carboxylic acid groups (broad SMARTS) is 1. The topological polar surface area (TPSA) is 53.4 Å². The van der Waals surface area contributed by atoms with Gasteiger partial charge < -0.3 is 10.0 Å². The number of carboxylic acids is 1. The van der Waals surface area contributed by atoms with Gasteiger partial charge in [-0.1, -0.05) is 11.6 Å². The Morgan fingerprint density at radius 3 is 2.83 bits per heavy atom. The Labute approximate surface area is 116 Å². The van der Waals surface area contributed by atoms with Crippen molar-refractivity contribution in [3.8, 4) is 0 Å². The minimum Gasteiger partial charge on any atom is -0.476 e. The number of thioether (sulfide) groups is 1. The molecule has 1 aromatic heterocycles. The van der Waals surface area contributed by atoms with Crippen LogP contribution in [0.4, 0.5) is 5.82 Å².